The Morgan fingerprint density at radius 1 is 0.733 bits per heavy atom. The zero-order chi connectivity index (χ0) is 21.0. The molecule has 4 aromatic rings. The van der Waals surface area contributed by atoms with E-state index in [2.05, 4.69) is 0 Å². The fourth-order valence-corrected chi connectivity index (χ4v) is 4.57. The van der Waals surface area contributed by atoms with Crippen LogP contribution in [0.4, 0.5) is 5.69 Å². The molecule has 0 radical (unpaired) electrons. The Morgan fingerprint density at radius 2 is 1.33 bits per heavy atom. The number of rotatable bonds is 6. The summed E-state index contributed by atoms with van der Waals surface area (Å²) in [5, 5.41) is 1.95. The summed E-state index contributed by atoms with van der Waals surface area (Å²) in [4.78, 5) is 12.8. The zero-order valence-corrected chi connectivity index (χ0v) is 16.8. The molecule has 30 heavy (non-hydrogen) atoms. The van der Waals surface area contributed by atoms with Crippen molar-refractivity contribution in [1.82, 2.24) is 0 Å². The van der Waals surface area contributed by atoms with E-state index in [1.165, 1.54) is 12.1 Å². The molecule has 0 N–H and O–H groups in total. The maximum atomic E-state index is 13.2. The predicted molar refractivity (Wildman–Crippen MR) is 117 cm³/mol. The van der Waals surface area contributed by atoms with Crippen LogP contribution in [0.1, 0.15) is 0 Å². The average Bonchev–Trinajstić information content (AvgIpc) is 2.78. The summed E-state index contributed by atoms with van der Waals surface area (Å²) < 4.78 is 32.9. The van der Waals surface area contributed by atoms with Crippen LogP contribution in [0.2, 0.25) is 0 Å². The smallest absolute Gasteiger partial charge is 0.332 e. The Labute approximate surface area is 175 Å². The van der Waals surface area contributed by atoms with Crippen LogP contribution < -0.4 is 9.04 Å². The first-order chi connectivity index (χ1) is 14.5. The third-order valence-corrected chi connectivity index (χ3v) is 6.39. The van der Waals surface area contributed by atoms with Crippen LogP contribution in [-0.4, -0.2) is 20.9 Å². The molecule has 0 heterocycles. The van der Waals surface area contributed by atoms with E-state index < -0.39 is 22.5 Å². The highest BCUT2D eigenvalue weighted by Gasteiger charge is 2.27. The number of nitrogens with zero attached hydrogens (tertiary/aromatic N) is 1. The van der Waals surface area contributed by atoms with Gasteiger partial charge in [0.2, 0.25) is 0 Å². The van der Waals surface area contributed by atoms with Gasteiger partial charge in [0.15, 0.2) is 0 Å². The number of hydrogen-bond acceptors (Lipinski definition) is 4. The number of benzene rings is 4. The number of para-hydroxylation sites is 1. The first-order valence-corrected chi connectivity index (χ1v) is 10.8. The monoisotopic (exact) mass is 417 g/mol. The Morgan fingerprint density at radius 3 is 2.03 bits per heavy atom. The number of ether oxygens (including phenoxy) is 1. The summed E-state index contributed by atoms with van der Waals surface area (Å²) in [6, 6.07) is 29.5. The predicted octanol–water partition coefficient (Wildman–Crippen LogP) is 4.64. The molecule has 0 unspecified atom stereocenters. The molecule has 0 aromatic heterocycles. The first kappa shape index (κ1) is 19.7. The van der Waals surface area contributed by atoms with Crippen molar-refractivity contribution in [1.29, 1.82) is 0 Å². The number of fused-ring (bicyclic) bond motifs is 1. The van der Waals surface area contributed by atoms with Gasteiger partial charge in [0, 0.05) is 0 Å². The fourth-order valence-electron chi connectivity index (χ4n) is 3.14. The largest absolute Gasteiger partial charge is 0.425 e. The lowest BCUT2D eigenvalue weighted by Gasteiger charge is -2.23. The van der Waals surface area contributed by atoms with Gasteiger partial charge in [0.1, 0.15) is 12.3 Å². The van der Waals surface area contributed by atoms with Crippen molar-refractivity contribution >= 4 is 32.5 Å². The highest BCUT2D eigenvalue weighted by Crippen LogP contribution is 2.24. The van der Waals surface area contributed by atoms with Crippen LogP contribution in [0, 0.1) is 0 Å². The van der Waals surface area contributed by atoms with E-state index in [-0.39, 0.29) is 4.90 Å². The summed E-state index contributed by atoms with van der Waals surface area (Å²) in [6.07, 6.45) is 0. The quantitative estimate of drug-likeness (QED) is 0.339. The van der Waals surface area contributed by atoms with Gasteiger partial charge in [-0.2, -0.15) is 0 Å². The second-order valence-electron chi connectivity index (χ2n) is 6.64. The summed E-state index contributed by atoms with van der Waals surface area (Å²) in [6.45, 7) is -0.450. The molecule has 6 heteroatoms. The molecular weight excluding hydrogens is 398 g/mol. The zero-order valence-electron chi connectivity index (χ0n) is 16.0. The molecule has 0 aliphatic rings. The molecule has 5 nitrogen and oxygen atoms in total. The van der Waals surface area contributed by atoms with Crippen LogP contribution in [0.3, 0.4) is 0 Å². The lowest BCUT2D eigenvalue weighted by molar-refractivity contribution is -0.132. The normalized spacial score (nSPS) is 11.2. The van der Waals surface area contributed by atoms with Crippen LogP contribution in [0.5, 0.6) is 5.75 Å². The summed E-state index contributed by atoms with van der Waals surface area (Å²) in [7, 11) is -3.94. The molecule has 150 valence electrons. The number of esters is 1. The van der Waals surface area contributed by atoms with Crippen molar-refractivity contribution in [2.45, 2.75) is 4.90 Å². The Bertz CT molecular complexity index is 1270. The van der Waals surface area contributed by atoms with E-state index in [4.69, 9.17) is 4.74 Å². The SMILES string of the molecule is O=C(CN(c1ccccc1)S(=O)(=O)c1ccccc1)Oc1ccc2ccccc2c1. The third kappa shape index (κ3) is 4.18. The lowest BCUT2D eigenvalue weighted by atomic mass is 10.1. The molecule has 0 fully saturated rings. The van der Waals surface area contributed by atoms with Crippen molar-refractivity contribution < 1.29 is 17.9 Å². The lowest BCUT2D eigenvalue weighted by Crippen LogP contribution is -2.37. The van der Waals surface area contributed by atoms with E-state index >= 15 is 0 Å². The standard InChI is InChI=1S/C24H19NO4S/c26-24(29-22-16-15-19-9-7-8-10-20(19)17-22)18-25(21-11-3-1-4-12-21)30(27,28)23-13-5-2-6-14-23/h1-17H,18H2. The minimum absolute atomic E-state index is 0.104. The molecule has 4 rings (SSSR count). The fraction of sp³-hybridized carbons (Fsp3) is 0.0417. The van der Waals surface area contributed by atoms with Crippen LogP contribution in [-0.2, 0) is 14.8 Å². The van der Waals surface area contributed by atoms with E-state index in [1.807, 2.05) is 30.3 Å². The highest BCUT2D eigenvalue weighted by atomic mass is 32.2. The number of carbonyl (C=O) groups is 1. The van der Waals surface area contributed by atoms with Gasteiger partial charge in [-0.1, -0.05) is 66.7 Å². The van der Waals surface area contributed by atoms with Crippen LogP contribution in [0.15, 0.2) is 108 Å². The highest BCUT2D eigenvalue weighted by molar-refractivity contribution is 7.92. The molecule has 0 amide bonds. The van der Waals surface area contributed by atoms with E-state index in [0.29, 0.717) is 11.4 Å². The van der Waals surface area contributed by atoms with Gasteiger partial charge in [0.05, 0.1) is 10.6 Å². The number of carbonyl (C=O) groups excluding carboxylic acids is 1. The van der Waals surface area contributed by atoms with Crippen molar-refractivity contribution in [3.8, 4) is 5.75 Å². The maximum absolute atomic E-state index is 13.2. The molecular formula is C24H19NO4S. The Kier molecular flexibility index (Phi) is 5.50. The van der Waals surface area contributed by atoms with Crippen molar-refractivity contribution in [2.75, 3.05) is 10.8 Å². The van der Waals surface area contributed by atoms with Crippen LogP contribution in [0.25, 0.3) is 10.8 Å². The van der Waals surface area contributed by atoms with E-state index in [1.54, 1.807) is 60.7 Å². The van der Waals surface area contributed by atoms with Gasteiger partial charge >= 0.3 is 5.97 Å². The minimum atomic E-state index is -3.94. The van der Waals surface area contributed by atoms with Gasteiger partial charge in [-0.05, 0) is 47.2 Å². The first-order valence-electron chi connectivity index (χ1n) is 9.36. The topological polar surface area (TPSA) is 63.7 Å². The summed E-state index contributed by atoms with van der Waals surface area (Å²) in [5.74, 6) is -0.308. The van der Waals surface area contributed by atoms with Gasteiger partial charge in [-0.25, -0.2) is 13.2 Å². The van der Waals surface area contributed by atoms with Gasteiger partial charge in [0.25, 0.3) is 10.0 Å². The second-order valence-corrected chi connectivity index (χ2v) is 8.51. The number of anilines is 1. The van der Waals surface area contributed by atoms with Crippen molar-refractivity contribution in [3.05, 3.63) is 103 Å². The maximum Gasteiger partial charge on any atom is 0.332 e. The van der Waals surface area contributed by atoms with E-state index in [9.17, 15) is 13.2 Å². The minimum Gasteiger partial charge on any atom is -0.425 e. The Hall–Kier alpha value is -3.64. The number of sulfonamides is 1. The Balaban J connectivity index is 1.62. The molecule has 0 bridgehead atoms. The molecule has 0 spiro atoms. The molecule has 0 atom stereocenters. The average molecular weight is 417 g/mol. The molecule has 0 saturated heterocycles. The summed E-state index contributed by atoms with van der Waals surface area (Å²) in [5.41, 5.74) is 0.386. The summed E-state index contributed by atoms with van der Waals surface area (Å²) >= 11 is 0. The molecule has 0 aliphatic heterocycles. The van der Waals surface area contributed by atoms with Crippen molar-refractivity contribution in [3.63, 3.8) is 0 Å². The van der Waals surface area contributed by atoms with Crippen LogP contribution >= 0.6 is 0 Å². The van der Waals surface area contributed by atoms with Gasteiger partial charge in [-0.15, -0.1) is 0 Å². The molecule has 0 saturated carbocycles. The molecule has 0 aliphatic carbocycles. The van der Waals surface area contributed by atoms with Gasteiger partial charge in [-0.3, -0.25) is 4.31 Å². The van der Waals surface area contributed by atoms with E-state index in [0.717, 1.165) is 15.1 Å². The van der Waals surface area contributed by atoms with Crippen molar-refractivity contribution in [2.24, 2.45) is 0 Å². The number of hydrogen-bond donors (Lipinski definition) is 0. The second kappa shape index (κ2) is 8.39. The van der Waals surface area contributed by atoms with Gasteiger partial charge < -0.3 is 4.74 Å². The molecule has 4 aromatic carbocycles. The third-order valence-electron chi connectivity index (χ3n) is 4.60.